The Morgan fingerprint density at radius 2 is 1.94 bits per heavy atom. The van der Waals surface area contributed by atoms with Crippen LogP contribution in [-0.2, 0) is 17.7 Å². The lowest BCUT2D eigenvalue weighted by molar-refractivity contribution is 0.0383. The molecule has 0 aliphatic carbocycles. The van der Waals surface area contributed by atoms with Gasteiger partial charge in [0.2, 0.25) is 0 Å². The fraction of sp³-hybridized carbons (Fsp3) is 0.440. The number of rotatable bonds is 9. The number of imidazole rings is 1. The molecule has 1 amide bonds. The Bertz CT molecular complexity index is 1070. The summed E-state index contributed by atoms with van der Waals surface area (Å²) in [5.74, 6) is 1.78. The van der Waals surface area contributed by atoms with Crippen molar-refractivity contribution in [1.29, 1.82) is 0 Å². The van der Waals surface area contributed by atoms with Gasteiger partial charge in [-0.2, -0.15) is 0 Å². The summed E-state index contributed by atoms with van der Waals surface area (Å²) >= 11 is 0. The van der Waals surface area contributed by atoms with Gasteiger partial charge >= 0.3 is 0 Å². The summed E-state index contributed by atoms with van der Waals surface area (Å²) in [5, 5.41) is 3.05. The third kappa shape index (κ3) is 5.46. The summed E-state index contributed by atoms with van der Waals surface area (Å²) in [7, 11) is 3.73. The number of methoxy groups -OCH3 is 1. The Hall–Kier alpha value is -3.10. The Morgan fingerprint density at radius 1 is 1.18 bits per heavy atom. The molecular formula is C25H33N5O3. The molecule has 3 heterocycles. The largest absolute Gasteiger partial charge is 0.497 e. The van der Waals surface area contributed by atoms with Gasteiger partial charge in [0.1, 0.15) is 17.2 Å². The zero-order valence-electron chi connectivity index (χ0n) is 19.7. The Kier molecular flexibility index (Phi) is 7.47. The highest BCUT2D eigenvalue weighted by molar-refractivity contribution is 5.94. The predicted octanol–water partition coefficient (Wildman–Crippen LogP) is 2.60. The summed E-state index contributed by atoms with van der Waals surface area (Å²) in [6.07, 6.45) is 2.70. The standard InChI is InChI=1S/C25H33N5O3/c1-4-22-25(28(2)17-19-5-8-21(32-3)9-6-19)30-18-20(7-10-23(30)27-22)24(31)26-11-12-29-13-15-33-16-14-29/h5-10,18H,4,11-17H2,1-3H3,(H,26,31). The molecule has 0 saturated carbocycles. The van der Waals surface area contributed by atoms with Crippen LogP contribution in [-0.4, -0.2) is 73.7 Å². The highest BCUT2D eigenvalue weighted by Crippen LogP contribution is 2.25. The normalized spacial score (nSPS) is 14.4. The van der Waals surface area contributed by atoms with Crippen LogP contribution in [0.25, 0.3) is 5.65 Å². The van der Waals surface area contributed by atoms with Gasteiger partial charge in [0.05, 0.1) is 31.6 Å². The molecule has 0 radical (unpaired) electrons. The molecule has 0 unspecified atom stereocenters. The molecule has 3 aromatic rings. The van der Waals surface area contributed by atoms with E-state index >= 15 is 0 Å². The fourth-order valence-electron chi connectivity index (χ4n) is 4.19. The minimum atomic E-state index is -0.0688. The minimum absolute atomic E-state index is 0.0688. The zero-order valence-corrected chi connectivity index (χ0v) is 19.7. The summed E-state index contributed by atoms with van der Waals surface area (Å²) < 4.78 is 12.7. The maximum atomic E-state index is 12.8. The lowest BCUT2D eigenvalue weighted by Crippen LogP contribution is -2.41. The van der Waals surface area contributed by atoms with Crippen molar-refractivity contribution < 1.29 is 14.3 Å². The van der Waals surface area contributed by atoms with Crippen molar-refractivity contribution in [3.8, 4) is 5.75 Å². The minimum Gasteiger partial charge on any atom is -0.497 e. The fourth-order valence-corrected chi connectivity index (χ4v) is 4.19. The number of anilines is 1. The van der Waals surface area contributed by atoms with Crippen molar-refractivity contribution in [2.75, 3.05) is 58.5 Å². The molecule has 4 rings (SSSR count). The van der Waals surface area contributed by atoms with E-state index in [1.165, 1.54) is 5.56 Å². The van der Waals surface area contributed by atoms with Gasteiger partial charge in [0.15, 0.2) is 0 Å². The topological polar surface area (TPSA) is 71.3 Å². The number of carbonyl (C=O) groups is 1. The molecule has 1 N–H and O–H groups in total. The van der Waals surface area contributed by atoms with Crippen molar-refractivity contribution in [2.45, 2.75) is 19.9 Å². The summed E-state index contributed by atoms with van der Waals surface area (Å²) in [5.41, 5.74) is 3.65. The molecule has 1 aliphatic rings. The zero-order chi connectivity index (χ0) is 23.2. The monoisotopic (exact) mass is 451 g/mol. The molecule has 1 fully saturated rings. The number of aromatic nitrogens is 2. The van der Waals surface area contributed by atoms with E-state index in [4.69, 9.17) is 14.5 Å². The Labute approximate surface area is 195 Å². The van der Waals surface area contributed by atoms with E-state index in [1.54, 1.807) is 7.11 Å². The van der Waals surface area contributed by atoms with E-state index < -0.39 is 0 Å². The van der Waals surface area contributed by atoms with Crippen molar-refractivity contribution >= 4 is 17.4 Å². The molecule has 8 heteroatoms. The summed E-state index contributed by atoms with van der Waals surface area (Å²) in [6.45, 7) is 7.63. The van der Waals surface area contributed by atoms with Crippen molar-refractivity contribution in [2.24, 2.45) is 0 Å². The first-order valence-electron chi connectivity index (χ1n) is 11.5. The van der Waals surface area contributed by atoms with Gasteiger partial charge in [0.25, 0.3) is 5.91 Å². The van der Waals surface area contributed by atoms with E-state index in [-0.39, 0.29) is 5.91 Å². The molecule has 1 aliphatic heterocycles. The quantitative estimate of drug-likeness (QED) is 0.539. The molecule has 0 atom stereocenters. The van der Waals surface area contributed by atoms with Gasteiger partial charge in [-0.3, -0.25) is 14.1 Å². The second-order valence-corrected chi connectivity index (χ2v) is 8.30. The van der Waals surface area contributed by atoms with Gasteiger partial charge in [-0.05, 0) is 36.2 Å². The number of pyridine rings is 1. The first-order chi connectivity index (χ1) is 16.1. The Balaban J connectivity index is 1.49. The van der Waals surface area contributed by atoms with Crippen LogP contribution < -0.4 is 15.0 Å². The van der Waals surface area contributed by atoms with Gasteiger partial charge in [-0.25, -0.2) is 4.98 Å². The first-order valence-corrected chi connectivity index (χ1v) is 11.5. The average Bonchev–Trinajstić information content (AvgIpc) is 3.23. The number of carbonyl (C=O) groups excluding carboxylic acids is 1. The number of benzene rings is 1. The number of hydrogen-bond acceptors (Lipinski definition) is 6. The summed E-state index contributed by atoms with van der Waals surface area (Å²) in [6, 6.07) is 11.8. The maximum absolute atomic E-state index is 12.8. The van der Waals surface area contributed by atoms with E-state index in [9.17, 15) is 4.79 Å². The van der Waals surface area contributed by atoms with Crippen LogP contribution >= 0.6 is 0 Å². The summed E-state index contributed by atoms with van der Waals surface area (Å²) in [4.78, 5) is 22.1. The second kappa shape index (κ2) is 10.7. The highest BCUT2D eigenvalue weighted by atomic mass is 16.5. The van der Waals surface area contributed by atoms with Crippen molar-refractivity contribution in [1.82, 2.24) is 19.6 Å². The van der Waals surface area contributed by atoms with Gasteiger partial charge in [-0.15, -0.1) is 0 Å². The number of morpholine rings is 1. The van der Waals surface area contributed by atoms with Gasteiger partial charge in [0, 0.05) is 46.0 Å². The number of amides is 1. The first kappa shape index (κ1) is 23.1. The smallest absolute Gasteiger partial charge is 0.252 e. The highest BCUT2D eigenvalue weighted by Gasteiger charge is 2.17. The number of fused-ring (bicyclic) bond motifs is 1. The van der Waals surface area contributed by atoms with E-state index in [0.29, 0.717) is 12.1 Å². The van der Waals surface area contributed by atoms with E-state index in [0.717, 1.165) is 68.7 Å². The van der Waals surface area contributed by atoms with Crippen LogP contribution in [0.4, 0.5) is 5.82 Å². The molecule has 0 bridgehead atoms. The predicted molar refractivity (Wildman–Crippen MR) is 129 cm³/mol. The number of aryl methyl sites for hydroxylation is 1. The van der Waals surface area contributed by atoms with Crippen LogP contribution in [0.2, 0.25) is 0 Å². The molecule has 0 spiro atoms. The number of nitrogens with zero attached hydrogens (tertiary/aromatic N) is 4. The lowest BCUT2D eigenvalue weighted by atomic mass is 10.2. The van der Waals surface area contributed by atoms with Crippen LogP contribution in [0.1, 0.15) is 28.5 Å². The van der Waals surface area contributed by atoms with Gasteiger partial charge < -0.3 is 19.7 Å². The van der Waals surface area contributed by atoms with Crippen LogP contribution in [0, 0.1) is 0 Å². The second-order valence-electron chi connectivity index (χ2n) is 8.30. The third-order valence-electron chi connectivity index (χ3n) is 6.02. The maximum Gasteiger partial charge on any atom is 0.252 e. The van der Waals surface area contributed by atoms with Crippen molar-refractivity contribution in [3.63, 3.8) is 0 Å². The molecular weight excluding hydrogens is 418 g/mol. The third-order valence-corrected chi connectivity index (χ3v) is 6.02. The molecule has 8 nitrogen and oxygen atoms in total. The number of hydrogen-bond donors (Lipinski definition) is 1. The molecule has 1 saturated heterocycles. The number of ether oxygens (including phenoxy) is 2. The molecule has 176 valence electrons. The van der Waals surface area contributed by atoms with E-state index in [2.05, 4.69) is 41.2 Å². The number of nitrogens with one attached hydrogen (secondary N) is 1. The van der Waals surface area contributed by atoms with Crippen molar-refractivity contribution in [3.05, 3.63) is 59.4 Å². The lowest BCUT2D eigenvalue weighted by Gasteiger charge is -2.26. The Morgan fingerprint density at radius 3 is 2.64 bits per heavy atom. The molecule has 1 aromatic carbocycles. The van der Waals surface area contributed by atoms with Crippen LogP contribution in [0.5, 0.6) is 5.75 Å². The van der Waals surface area contributed by atoms with Crippen LogP contribution in [0.3, 0.4) is 0 Å². The van der Waals surface area contributed by atoms with Gasteiger partial charge in [-0.1, -0.05) is 19.1 Å². The van der Waals surface area contributed by atoms with E-state index in [1.807, 2.05) is 34.9 Å². The SMILES string of the molecule is CCc1nc2ccc(C(=O)NCCN3CCOCC3)cn2c1N(C)Cc1ccc(OC)cc1. The molecule has 2 aromatic heterocycles. The van der Waals surface area contributed by atoms with Crippen LogP contribution in [0.15, 0.2) is 42.6 Å². The average molecular weight is 452 g/mol. The molecule has 33 heavy (non-hydrogen) atoms.